The van der Waals surface area contributed by atoms with E-state index in [4.69, 9.17) is 0 Å². The second-order valence-electron chi connectivity index (χ2n) is 4.77. The summed E-state index contributed by atoms with van der Waals surface area (Å²) >= 11 is 0. The molecular formula is C13H17NO4S. The van der Waals surface area contributed by atoms with Crippen molar-refractivity contribution in [2.45, 2.75) is 12.8 Å². The van der Waals surface area contributed by atoms with Crippen LogP contribution in [-0.2, 0) is 21.1 Å². The lowest BCUT2D eigenvalue weighted by Gasteiger charge is -2.10. The zero-order chi connectivity index (χ0) is 13.9. The van der Waals surface area contributed by atoms with E-state index < -0.39 is 15.8 Å². The minimum absolute atomic E-state index is 0.0462. The molecule has 1 aromatic rings. The van der Waals surface area contributed by atoms with Crippen molar-refractivity contribution in [3.8, 4) is 5.75 Å². The average Bonchev–Trinajstić information content (AvgIpc) is 2.72. The van der Waals surface area contributed by atoms with Gasteiger partial charge in [-0.05, 0) is 24.5 Å². The number of hydrogen-bond donors (Lipinski definition) is 2. The van der Waals surface area contributed by atoms with Crippen LogP contribution in [0.4, 0.5) is 0 Å². The van der Waals surface area contributed by atoms with Gasteiger partial charge in [-0.15, -0.1) is 0 Å². The SMILES string of the molecule is O=C(NCCc1ccccc1O)C1CCS(=O)(=O)C1. The van der Waals surface area contributed by atoms with E-state index in [1.54, 1.807) is 18.2 Å². The van der Waals surface area contributed by atoms with Crippen LogP contribution < -0.4 is 5.32 Å². The fraction of sp³-hybridized carbons (Fsp3) is 0.462. The number of aromatic hydroxyl groups is 1. The van der Waals surface area contributed by atoms with Gasteiger partial charge in [0.05, 0.1) is 17.4 Å². The molecule has 0 bridgehead atoms. The Morgan fingerprint density at radius 2 is 2.11 bits per heavy atom. The van der Waals surface area contributed by atoms with Gasteiger partial charge in [0.15, 0.2) is 9.84 Å². The van der Waals surface area contributed by atoms with Gasteiger partial charge in [0.2, 0.25) is 5.91 Å². The number of rotatable bonds is 4. The van der Waals surface area contributed by atoms with Crippen LogP contribution in [-0.4, -0.2) is 37.5 Å². The number of carbonyl (C=O) groups excluding carboxylic acids is 1. The quantitative estimate of drug-likeness (QED) is 0.842. The summed E-state index contributed by atoms with van der Waals surface area (Å²) in [6.45, 7) is 0.396. The van der Waals surface area contributed by atoms with Crippen LogP contribution in [0.25, 0.3) is 0 Å². The molecule has 1 atom stereocenters. The van der Waals surface area contributed by atoms with Gasteiger partial charge in [-0.1, -0.05) is 18.2 Å². The molecule has 1 fully saturated rings. The number of hydrogen-bond acceptors (Lipinski definition) is 4. The molecule has 104 valence electrons. The fourth-order valence-corrected chi connectivity index (χ4v) is 3.93. The predicted molar refractivity (Wildman–Crippen MR) is 71.6 cm³/mol. The molecule has 1 aliphatic heterocycles. The zero-order valence-electron chi connectivity index (χ0n) is 10.5. The van der Waals surface area contributed by atoms with E-state index in [1.807, 2.05) is 6.07 Å². The fourth-order valence-electron chi connectivity index (χ4n) is 2.19. The lowest BCUT2D eigenvalue weighted by Crippen LogP contribution is -2.32. The Morgan fingerprint density at radius 1 is 1.37 bits per heavy atom. The van der Waals surface area contributed by atoms with Crippen molar-refractivity contribution < 1.29 is 18.3 Å². The van der Waals surface area contributed by atoms with Crippen LogP contribution in [0, 0.1) is 5.92 Å². The second-order valence-corrected chi connectivity index (χ2v) is 7.00. The van der Waals surface area contributed by atoms with Crippen molar-refractivity contribution in [1.29, 1.82) is 0 Å². The highest BCUT2D eigenvalue weighted by Gasteiger charge is 2.32. The van der Waals surface area contributed by atoms with E-state index >= 15 is 0 Å². The van der Waals surface area contributed by atoms with Crippen molar-refractivity contribution >= 4 is 15.7 Å². The standard InChI is InChI=1S/C13H17NO4S/c15-12-4-2-1-3-10(12)5-7-14-13(16)11-6-8-19(17,18)9-11/h1-4,11,15H,5-9H2,(H,14,16). The number of carbonyl (C=O) groups is 1. The largest absolute Gasteiger partial charge is 0.508 e. The molecule has 6 heteroatoms. The molecule has 2 rings (SSSR count). The Balaban J connectivity index is 1.80. The van der Waals surface area contributed by atoms with Gasteiger partial charge in [0.1, 0.15) is 5.75 Å². The molecule has 1 saturated heterocycles. The molecule has 1 aromatic carbocycles. The maximum Gasteiger partial charge on any atom is 0.224 e. The molecule has 1 unspecified atom stereocenters. The Hall–Kier alpha value is -1.56. The van der Waals surface area contributed by atoms with Crippen LogP contribution in [0.2, 0.25) is 0 Å². The highest BCUT2D eigenvalue weighted by Crippen LogP contribution is 2.19. The molecule has 0 spiro atoms. The lowest BCUT2D eigenvalue weighted by molar-refractivity contribution is -0.124. The Kier molecular flexibility index (Phi) is 4.09. The Labute approximate surface area is 112 Å². The van der Waals surface area contributed by atoms with Crippen LogP contribution in [0.3, 0.4) is 0 Å². The summed E-state index contributed by atoms with van der Waals surface area (Å²) < 4.78 is 22.5. The minimum Gasteiger partial charge on any atom is -0.508 e. The number of amides is 1. The van der Waals surface area contributed by atoms with Crippen LogP contribution in [0.15, 0.2) is 24.3 Å². The van der Waals surface area contributed by atoms with Gasteiger partial charge in [-0.25, -0.2) is 8.42 Å². The summed E-state index contributed by atoms with van der Waals surface area (Å²) in [6.07, 6.45) is 0.933. The van der Waals surface area contributed by atoms with E-state index in [2.05, 4.69) is 5.32 Å². The van der Waals surface area contributed by atoms with Gasteiger partial charge in [-0.2, -0.15) is 0 Å². The molecule has 0 aliphatic carbocycles. The van der Waals surface area contributed by atoms with Gasteiger partial charge in [-0.3, -0.25) is 4.79 Å². The molecular weight excluding hydrogens is 266 g/mol. The van der Waals surface area contributed by atoms with E-state index in [-0.39, 0.29) is 23.2 Å². The number of phenolic OH excluding ortho intramolecular Hbond substituents is 1. The Bertz CT molecular complexity index is 568. The minimum atomic E-state index is -3.03. The van der Waals surface area contributed by atoms with Crippen molar-refractivity contribution in [2.24, 2.45) is 5.92 Å². The number of sulfone groups is 1. The van der Waals surface area contributed by atoms with E-state index in [0.29, 0.717) is 19.4 Å². The molecule has 5 nitrogen and oxygen atoms in total. The molecule has 0 aromatic heterocycles. The summed E-state index contributed by atoms with van der Waals surface area (Å²) in [4.78, 5) is 11.8. The second kappa shape index (κ2) is 5.61. The van der Waals surface area contributed by atoms with Crippen LogP contribution >= 0.6 is 0 Å². The Morgan fingerprint density at radius 3 is 2.74 bits per heavy atom. The topological polar surface area (TPSA) is 83.5 Å². The normalized spacial score (nSPS) is 21.2. The van der Waals surface area contributed by atoms with Gasteiger partial charge >= 0.3 is 0 Å². The first-order valence-corrected chi connectivity index (χ1v) is 8.05. The first-order chi connectivity index (χ1) is 8.98. The molecule has 1 heterocycles. The third kappa shape index (κ3) is 3.70. The van der Waals surface area contributed by atoms with Crippen molar-refractivity contribution in [3.05, 3.63) is 29.8 Å². The van der Waals surface area contributed by atoms with Crippen LogP contribution in [0.1, 0.15) is 12.0 Å². The highest BCUT2D eigenvalue weighted by atomic mass is 32.2. The molecule has 2 N–H and O–H groups in total. The third-order valence-corrected chi connectivity index (χ3v) is 5.06. The maximum atomic E-state index is 11.8. The zero-order valence-corrected chi connectivity index (χ0v) is 11.3. The molecule has 1 amide bonds. The number of benzene rings is 1. The number of nitrogens with one attached hydrogen (secondary N) is 1. The van der Waals surface area contributed by atoms with Crippen LogP contribution in [0.5, 0.6) is 5.75 Å². The van der Waals surface area contributed by atoms with Gasteiger partial charge in [0.25, 0.3) is 0 Å². The van der Waals surface area contributed by atoms with Crippen molar-refractivity contribution in [3.63, 3.8) is 0 Å². The number of phenols is 1. The van der Waals surface area contributed by atoms with E-state index in [9.17, 15) is 18.3 Å². The highest BCUT2D eigenvalue weighted by molar-refractivity contribution is 7.91. The van der Waals surface area contributed by atoms with Gasteiger partial charge < -0.3 is 10.4 Å². The summed E-state index contributed by atoms with van der Waals surface area (Å²) in [5.74, 6) is -0.369. The van der Waals surface area contributed by atoms with E-state index in [0.717, 1.165) is 5.56 Å². The molecule has 1 aliphatic rings. The smallest absolute Gasteiger partial charge is 0.224 e. The van der Waals surface area contributed by atoms with Crippen molar-refractivity contribution in [1.82, 2.24) is 5.32 Å². The van der Waals surface area contributed by atoms with Gasteiger partial charge in [0, 0.05) is 6.54 Å². The van der Waals surface area contributed by atoms with E-state index in [1.165, 1.54) is 0 Å². The van der Waals surface area contributed by atoms with Crippen molar-refractivity contribution in [2.75, 3.05) is 18.1 Å². The first-order valence-electron chi connectivity index (χ1n) is 6.23. The monoisotopic (exact) mass is 283 g/mol. The average molecular weight is 283 g/mol. The predicted octanol–water partition coefficient (Wildman–Crippen LogP) is 0.486. The molecule has 0 radical (unpaired) electrons. The molecule has 0 saturated carbocycles. The third-order valence-electron chi connectivity index (χ3n) is 3.29. The first kappa shape index (κ1) is 13.9. The summed E-state index contributed by atoms with van der Waals surface area (Å²) in [7, 11) is -3.03. The molecule has 19 heavy (non-hydrogen) atoms. The lowest BCUT2D eigenvalue weighted by atomic mass is 10.1. The summed E-state index contributed by atoms with van der Waals surface area (Å²) in [6, 6.07) is 6.95. The maximum absolute atomic E-state index is 11.8. The summed E-state index contributed by atoms with van der Waals surface area (Å²) in [5, 5.41) is 12.3. The summed E-state index contributed by atoms with van der Waals surface area (Å²) in [5.41, 5.74) is 0.766. The number of para-hydroxylation sites is 1.